The van der Waals surface area contributed by atoms with Gasteiger partial charge in [0.2, 0.25) is 0 Å². The fourth-order valence-corrected chi connectivity index (χ4v) is 4.61. The first-order chi connectivity index (χ1) is 13.9. The van der Waals surface area contributed by atoms with E-state index in [1.807, 2.05) is 55.4 Å². The third kappa shape index (κ3) is 4.05. The van der Waals surface area contributed by atoms with Crippen molar-refractivity contribution in [3.8, 4) is 11.8 Å². The van der Waals surface area contributed by atoms with E-state index in [2.05, 4.69) is 17.9 Å². The molecule has 0 aliphatic rings. The summed E-state index contributed by atoms with van der Waals surface area (Å²) < 4.78 is 0. The largest absolute Gasteiger partial charge is 0.478 e. The molecule has 1 unspecified atom stereocenters. The van der Waals surface area contributed by atoms with Gasteiger partial charge in [0, 0.05) is 17.5 Å². The fraction of sp³-hybridized carbons (Fsp3) is 0.407. The van der Waals surface area contributed by atoms with Gasteiger partial charge < -0.3 is 5.11 Å². The highest BCUT2D eigenvalue weighted by molar-refractivity contribution is 6.01. The van der Waals surface area contributed by atoms with Crippen molar-refractivity contribution in [3.63, 3.8) is 0 Å². The Morgan fingerprint density at radius 3 is 1.87 bits per heavy atom. The van der Waals surface area contributed by atoms with Gasteiger partial charge in [-0.05, 0) is 106 Å². The summed E-state index contributed by atoms with van der Waals surface area (Å²) in [6.45, 7) is 17.5. The van der Waals surface area contributed by atoms with Gasteiger partial charge in [0.1, 0.15) is 0 Å². The minimum Gasteiger partial charge on any atom is -0.478 e. The van der Waals surface area contributed by atoms with Crippen molar-refractivity contribution >= 4 is 11.8 Å². The zero-order valence-corrected chi connectivity index (χ0v) is 19.6. The Labute approximate surface area is 180 Å². The van der Waals surface area contributed by atoms with Gasteiger partial charge in [0.15, 0.2) is 5.78 Å². The number of hydrogen-bond acceptors (Lipinski definition) is 2. The molecule has 2 aromatic carbocycles. The fourth-order valence-electron chi connectivity index (χ4n) is 4.61. The Bertz CT molecular complexity index is 1080. The van der Waals surface area contributed by atoms with Crippen molar-refractivity contribution in [1.82, 2.24) is 0 Å². The molecule has 0 saturated heterocycles. The van der Waals surface area contributed by atoms with Crippen LogP contribution in [0.25, 0.3) is 0 Å². The first-order valence-corrected chi connectivity index (χ1v) is 10.3. The number of aromatic carboxylic acids is 1. The lowest BCUT2D eigenvalue weighted by atomic mass is 9.80. The number of carbonyl (C=O) groups excluding carboxylic acids is 1. The maximum Gasteiger partial charge on any atom is 0.336 e. The lowest BCUT2D eigenvalue weighted by molar-refractivity contribution is 0.0694. The molecular weight excluding hydrogens is 372 g/mol. The average molecular weight is 405 g/mol. The molecule has 30 heavy (non-hydrogen) atoms. The maximum absolute atomic E-state index is 13.4. The van der Waals surface area contributed by atoms with Crippen LogP contribution in [0.5, 0.6) is 0 Å². The Kier molecular flexibility index (Phi) is 6.93. The molecule has 0 heterocycles. The number of Topliss-reactive ketones (excluding diaryl/α,β-unsaturated/α-hetero) is 1. The predicted molar refractivity (Wildman–Crippen MR) is 123 cm³/mol. The van der Waals surface area contributed by atoms with Gasteiger partial charge in [0.05, 0.1) is 5.56 Å². The molecule has 0 aliphatic carbocycles. The van der Waals surface area contributed by atoms with E-state index in [1.54, 1.807) is 6.92 Å². The normalized spacial score (nSPS) is 11.6. The molecule has 0 amide bonds. The van der Waals surface area contributed by atoms with Crippen molar-refractivity contribution in [3.05, 3.63) is 67.3 Å². The van der Waals surface area contributed by atoms with Crippen molar-refractivity contribution in [1.29, 1.82) is 0 Å². The first-order valence-electron chi connectivity index (χ1n) is 10.3. The molecule has 158 valence electrons. The van der Waals surface area contributed by atoms with Gasteiger partial charge in [-0.15, -0.1) is 5.92 Å². The molecule has 0 spiro atoms. The molecule has 0 saturated carbocycles. The third-order valence-corrected chi connectivity index (χ3v) is 6.45. The van der Waals surface area contributed by atoms with Gasteiger partial charge in [-0.1, -0.05) is 18.9 Å². The smallest absolute Gasteiger partial charge is 0.336 e. The Morgan fingerprint density at radius 1 is 0.867 bits per heavy atom. The van der Waals surface area contributed by atoms with Crippen molar-refractivity contribution in [2.75, 3.05) is 0 Å². The van der Waals surface area contributed by atoms with Crippen molar-refractivity contribution < 1.29 is 14.7 Å². The standard InChI is InChI=1S/C27H32O3/c1-10-11-22-17(5)14(2)12-15(3)25(22)23(28)13-16(4)24-18(6)20(8)26(27(29)30)21(9)19(24)7/h12,16H,13H2,1-9H3,(H,29,30). The molecule has 3 heteroatoms. The van der Waals surface area contributed by atoms with Crippen molar-refractivity contribution in [2.45, 2.75) is 74.7 Å². The number of carboxylic acid groups (broad SMARTS) is 1. The van der Waals surface area contributed by atoms with Crippen LogP contribution < -0.4 is 0 Å². The molecule has 0 aliphatic heterocycles. The van der Waals surface area contributed by atoms with E-state index in [-0.39, 0.29) is 11.7 Å². The summed E-state index contributed by atoms with van der Waals surface area (Å²) in [5.41, 5.74) is 9.61. The summed E-state index contributed by atoms with van der Waals surface area (Å²) in [7, 11) is 0. The summed E-state index contributed by atoms with van der Waals surface area (Å²) in [6, 6.07) is 2.06. The number of rotatable bonds is 5. The second-order valence-electron chi connectivity index (χ2n) is 8.38. The van der Waals surface area contributed by atoms with E-state index in [0.29, 0.717) is 17.5 Å². The molecule has 1 atom stereocenters. The Hall–Kier alpha value is -2.86. The monoisotopic (exact) mass is 404 g/mol. The van der Waals surface area contributed by atoms with Gasteiger partial charge in [0.25, 0.3) is 0 Å². The molecule has 0 fully saturated rings. The Balaban J connectivity index is 2.56. The van der Waals surface area contributed by atoms with Crippen LogP contribution in [0.2, 0.25) is 0 Å². The maximum atomic E-state index is 13.4. The van der Waals surface area contributed by atoms with Crippen LogP contribution in [0.3, 0.4) is 0 Å². The third-order valence-electron chi connectivity index (χ3n) is 6.45. The number of carboxylic acids is 1. The number of aryl methyl sites for hydroxylation is 2. The molecular formula is C27H32O3. The highest BCUT2D eigenvalue weighted by Gasteiger charge is 2.25. The van der Waals surface area contributed by atoms with Gasteiger partial charge in [-0.3, -0.25) is 4.79 Å². The molecule has 1 N–H and O–H groups in total. The number of benzene rings is 2. The first kappa shape index (κ1) is 23.4. The van der Waals surface area contributed by atoms with Crippen LogP contribution >= 0.6 is 0 Å². The number of hydrogen-bond donors (Lipinski definition) is 1. The van der Waals surface area contributed by atoms with Crippen LogP contribution in [0.1, 0.15) is 97.0 Å². The van der Waals surface area contributed by atoms with Gasteiger partial charge >= 0.3 is 5.97 Å². The van der Waals surface area contributed by atoms with E-state index >= 15 is 0 Å². The lowest BCUT2D eigenvalue weighted by Gasteiger charge is -2.23. The van der Waals surface area contributed by atoms with Crippen LogP contribution in [0.15, 0.2) is 6.07 Å². The van der Waals surface area contributed by atoms with E-state index in [0.717, 1.165) is 50.1 Å². The summed E-state index contributed by atoms with van der Waals surface area (Å²) >= 11 is 0. The molecule has 3 nitrogen and oxygen atoms in total. The topological polar surface area (TPSA) is 54.4 Å². The minimum absolute atomic E-state index is 0.0267. The van der Waals surface area contributed by atoms with Crippen LogP contribution in [0.4, 0.5) is 0 Å². The second kappa shape index (κ2) is 8.88. The summed E-state index contributed by atoms with van der Waals surface area (Å²) in [5.74, 6) is 5.25. The molecule has 0 aromatic heterocycles. The summed E-state index contributed by atoms with van der Waals surface area (Å²) in [5, 5.41) is 9.61. The molecule has 0 bridgehead atoms. The van der Waals surface area contributed by atoms with E-state index in [1.165, 1.54) is 0 Å². The second-order valence-corrected chi connectivity index (χ2v) is 8.38. The van der Waals surface area contributed by atoms with E-state index < -0.39 is 5.97 Å². The summed E-state index contributed by atoms with van der Waals surface area (Å²) in [4.78, 5) is 25.1. The van der Waals surface area contributed by atoms with Gasteiger partial charge in [-0.25, -0.2) is 4.79 Å². The highest BCUT2D eigenvalue weighted by atomic mass is 16.4. The molecule has 2 rings (SSSR count). The lowest BCUT2D eigenvalue weighted by Crippen LogP contribution is -2.15. The van der Waals surface area contributed by atoms with Crippen LogP contribution in [0, 0.1) is 60.3 Å². The minimum atomic E-state index is -0.903. The number of ketones is 1. The highest BCUT2D eigenvalue weighted by Crippen LogP contribution is 2.35. The quantitative estimate of drug-likeness (QED) is 0.470. The van der Waals surface area contributed by atoms with Crippen LogP contribution in [-0.2, 0) is 0 Å². The molecule has 2 aromatic rings. The predicted octanol–water partition coefficient (Wildman–Crippen LogP) is 6.29. The van der Waals surface area contributed by atoms with E-state index in [9.17, 15) is 14.7 Å². The average Bonchev–Trinajstić information content (AvgIpc) is 2.64. The van der Waals surface area contributed by atoms with Crippen molar-refractivity contribution in [2.24, 2.45) is 0 Å². The zero-order chi connectivity index (χ0) is 22.9. The SMILES string of the molecule is CC#Cc1c(C)c(C)cc(C)c1C(=O)CC(C)c1c(C)c(C)c(C(=O)O)c(C)c1C. The van der Waals surface area contributed by atoms with Gasteiger partial charge in [-0.2, -0.15) is 0 Å². The number of carbonyl (C=O) groups is 2. The van der Waals surface area contributed by atoms with E-state index in [4.69, 9.17) is 0 Å². The molecule has 0 radical (unpaired) electrons. The Morgan fingerprint density at radius 2 is 1.40 bits per heavy atom. The zero-order valence-electron chi connectivity index (χ0n) is 19.6. The van der Waals surface area contributed by atoms with Crippen LogP contribution in [-0.4, -0.2) is 16.9 Å². The summed E-state index contributed by atoms with van der Waals surface area (Å²) in [6.07, 6.45) is 0.356.